The molecule has 2 rings (SSSR count). The summed E-state index contributed by atoms with van der Waals surface area (Å²) in [5.41, 5.74) is 3.41. The fourth-order valence-corrected chi connectivity index (χ4v) is 2.96. The molecule has 0 amide bonds. The molecule has 1 nitrogen and oxygen atoms in total. The molecule has 14 heavy (non-hydrogen) atoms. The van der Waals surface area contributed by atoms with Crippen LogP contribution in [0, 0.1) is 12.3 Å². The summed E-state index contributed by atoms with van der Waals surface area (Å²) in [6.45, 7) is 6.79. The maximum Gasteiger partial charge on any atom is 0.163 e. The number of hydrogen-bond acceptors (Lipinski definition) is 2. The second-order valence-electron chi connectivity index (χ2n) is 4.95. The van der Waals surface area contributed by atoms with E-state index in [1.165, 1.54) is 30.4 Å². The molecule has 0 aromatic carbocycles. The first-order valence-electron chi connectivity index (χ1n) is 5.18. The van der Waals surface area contributed by atoms with Gasteiger partial charge in [-0.25, -0.2) is 0 Å². The maximum absolute atomic E-state index is 5.77. The van der Waals surface area contributed by atoms with Crippen molar-refractivity contribution in [2.75, 3.05) is 6.26 Å². The Labute approximate surface area is 90.3 Å². The number of furan rings is 1. The third-order valence-corrected chi connectivity index (χ3v) is 3.87. The molecule has 1 aromatic rings. The van der Waals surface area contributed by atoms with Crippen molar-refractivity contribution >= 4 is 11.8 Å². The van der Waals surface area contributed by atoms with Gasteiger partial charge in [-0.3, -0.25) is 0 Å². The lowest BCUT2D eigenvalue weighted by molar-refractivity contribution is 0.314. The Morgan fingerprint density at radius 3 is 2.64 bits per heavy atom. The van der Waals surface area contributed by atoms with E-state index in [-0.39, 0.29) is 0 Å². The van der Waals surface area contributed by atoms with Gasteiger partial charge in [-0.15, -0.1) is 0 Å². The van der Waals surface area contributed by atoms with Crippen LogP contribution >= 0.6 is 11.8 Å². The summed E-state index contributed by atoms with van der Waals surface area (Å²) < 4.78 is 5.77. The molecule has 0 saturated heterocycles. The second-order valence-corrected chi connectivity index (χ2v) is 5.73. The van der Waals surface area contributed by atoms with Crippen molar-refractivity contribution in [1.29, 1.82) is 0 Å². The van der Waals surface area contributed by atoms with Crippen molar-refractivity contribution in [3.8, 4) is 0 Å². The fraction of sp³-hybridized carbons (Fsp3) is 0.667. The first-order valence-corrected chi connectivity index (χ1v) is 6.41. The van der Waals surface area contributed by atoms with Crippen LogP contribution in [-0.4, -0.2) is 6.26 Å². The molecular weight excluding hydrogens is 192 g/mol. The van der Waals surface area contributed by atoms with E-state index in [1.807, 2.05) is 0 Å². The van der Waals surface area contributed by atoms with Crippen molar-refractivity contribution in [2.24, 2.45) is 5.41 Å². The molecule has 1 aliphatic rings. The van der Waals surface area contributed by atoms with Crippen molar-refractivity contribution in [3.63, 3.8) is 0 Å². The minimum absolute atomic E-state index is 0.456. The van der Waals surface area contributed by atoms with Crippen molar-refractivity contribution < 1.29 is 4.42 Å². The standard InChI is InChI=1S/C12H18OS/c1-8-10-7-12(2,3)6-5-9(10)11(13-8)14-4/h5-7H2,1-4H3. The lowest BCUT2D eigenvalue weighted by Crippen LogP contribution is -2.21. The summed E-state index contributed by atoms with van der Waals surface area (Å²) >= 11 is 1.74. The number of rotatable bonds is 1. The van der Waals surface area contributed by atoms with E-state index in [9.17, 15) is 0 Å². The van der Waals surface area contributed by atoms with E-state index in [0.717, 1.165) is 10.9 Å². The summed E-state index contributed by atoms with van der Waals surface area (Å²) in [6, 6.07) is 0. The molecule has 0 fully saturated rings. The smallest absolute Gasteiger partial charge is 0.163 e. The molecular formula is C12H18OS. The van der Waals surface area contributed by atoms with Crippen LogP contribution in [0.3, 0.4) is 0 Å². The number of hydrogen-bond donors (Lipinski definition) is 0. The normalized spacial score (nSPS) is 19.4. The molecule has 0 unspecified atom stereocenters. The summed E-state index contributed by atoms with van der Waals surface area (Å²) in [5, 5.41) is 1.15. The van der Waals surface area contributed by atoms with Gasteiger partial charge in [0, 0.05) is 5.56 Å². The Balaban J connectivity index is 2.43. The topological polar surface area (TPSA) is 13.1 Å². The first kappa shape index (κ1) is 10.2. The quantitative estimate of drug-likeness (QED) is 0.654. The van der Waals surface area contributed by atoms with Crippen LogP contribution in [-0.2, 0) is 12.8 Å². The van der Waals surface area contributed by atoms with Gasteiger partial charge >= 0.3 is 0 Å². The molecule has 1 aliphatic carbocycles. The highest BCUT2D eigenvalue weighted by atomic mass is 32.2. The van der Waals surface area contributed by atoms with Gasteiger partial charge in [0.2, 0.25) is 0 Å². The molecule has 1 aromatic heterocycles. The van der Waals surface area contributed by atoms with Crippen LogP contribution < -0.4 is 0 Å². The van der Waals surface area contributed by atoms with Crippen LogP contribution in [0.15, 0.2) is 9.51 Å². The third kappa shape index (κ3) is 1.60. The fourth-order valence-electron chi connectivity index (χ4n) is 2.28. The van der Waals surface area contributed by atoms with Gasteiger partial charge in [-0.2, -0.15) is 0 Å². The zero-order valence-corrected chi connectivity index (χ0v) is 10.3. The third-order valence-electron chi connectivity index (χ3n) is 3.17. The summed E-state index contributed by atoms with van der Waals surface area (Å²) in [4.78, 5) is 0. The summed E-state index contributed by atoms with van der Waals surface area (Å²) in [7, 11) is 0. The van der Waals surface area contributed by atoms with Crippen LogP contribution in [0.2, 0.25) is 0 Å². The Morgan fingerprint density at radius 2 is 2.00 bits per heavy atom. The minimum Gasteiger partial charge on any atom is -0.455 e. The predicted octanol–water partition coefficient (Wildman–Crippen LogP) is 3.82. The highest BCUT2D eigenvalue weighted by molar-refractivity contribution is 7.98. The van der Waals surface area contributed by atoms with Crippen molar-refractivity contribution in [2.45, 2.75) is 45.1 Å². The zero-order chi connectivity index (χ0) is 10.3. The molecule has 0 radical (unpaired) electrons. The van der Waals surface area contributed by atoms with Gasteiger partial charge in [0.15, 0.2) is 5.09 Å². The SMILES string of the molecule is CSc1oc(C)c2c1CCC(C)(C)C2. The Morgan fingerprint density at radius 1 is 1.29 bits per heavy atom. The van der Waals surface area contributed by atoms with Crippen LogP contribution in [0.25, 0.3) is 0 Å². The Hall–Kier alpha value is -0.370. The molecule has 1 heterocycles. The van der Waals surface area contributed by atoms with Gasteiger partial charge in [0.05, 0.1) is 0 Å². The highest BCUT2D eigenvalue weighted by Gasteiger charge is 2.30. The van der Waals surface area contributed by atoms with E-state index in [0.29, 0.717) is 5.41 Å². The number of aryl methyl sites for hydroxylation is 1. The predicted molar refractivity (Wildman–Crippen MR) is 61.0 cm³/mol. The molecule has 0 atom stereocenters. The first-order chi connectivity index (χ1) is 6.53. The van der Waals surface area contributed by atoms with Crippen LogP contribution in [0.5, 0.6) is 0 Å². The summed E-state index contributed by atoms with van der Waals surface area (Å²) in [5.74, 6) is 1.14. The lowest BCUT2D eigenvalue weighted by Gasteiger charge is -2.29. The average Bonchev–Trinajstić information content (AvgIpc) is 2.41. The monoisotopic (exact) mass is 210 g/mol. The molecule has 0 aliphatic heterocycles. The van der Waals surface area contributed by atoms with Crippen molar-refractivity contribution in [3.05, 3.63) is 16.9 Å². The molecule has 0 N–H and O–H groups in total. The zero-order valence-electron chi connectivity index (χ0n) is 9.44. The van der Waals surface area contributed by atoms with Gasteiger partial charge < -0.3 is 4.42 Å². The molecule has 78 valence electrons. The molecule has 0 spiro atoms. The van der Waals surface area contributed by atoms with Gasteiger partial charge in [-0.05, 0) is 43.4 Å². The van der Waals surface area contributed by atoms with Gasteiger partial charge in [0.1, 0.15) is 5.76 Å². The van der Waals surface area contributed by atoms with E-state index in [4.69, 9.17) is 4.42 Å². The van der Waals surface area contributed by atoms with E-state index >= 15 is 0 Å². The van der Waals surface area contributed by atoms with Crippen LogP contribution in [0.1, 0.15) is 37.2 Å². The molecule has 2 heteroatoms. The highest BCUT2D eigenvalue weighted by Crippen LogP contribution is 2.41. The van der Waals surface area contributed by atoms with E-state index in [2.05, 4.69) is 27.0 Å². The molecule has 0 bridgehead atoms. The van der Waals surface area contributed by atoms with Crippen molar-refractivity contribution in [1.82, 2.24) is 0 Å². The summed E-state index contributed by atoms with van der Waals surface area (Å²) in [6.07, 6.45) is 5.75. The Kier molecular flexibility index (Phi) is 2.42. The van der Waals surface area contributed by atoms with Gasteiger partial charge in [0.25, 0.3) is 0 Å². The average molecular weight is 210 g/mol. The van der Waals surface area contributed by atoms with Gasteiger partial charge in [-0.1, -0.05) is 25.6 Å². The number of thioether (sulfide) groups is 1. The van der Waals surface area contributed by atoms with E-state index < -0.39 is 0 Å². The minimum atomic E-state index is 0.456. The maximum atomic E-state index is 5.77. The lowest BCUT2D eigenvalue weighted by atomic mass is 9.75. The molecule has 0 saturated carbocycles. The van der Waals surface area contributed by atoms with Crippen LogP contribution in [0.4, 0.5) is 0 Å². The number of fused-ring (bicyclic) bond motifs is 1. The largest absolute Gasteiger partial charge is 0.455 e. The second kappa shape index (κ2) is 3.34. The van der Waals surface area contributed by atoms with E-state index in [1.54, 1.807) is 11.8 Å². The Bertz CT molecular complexity index is 349.